The van der Waals surface area contributed by atoms with Gasteiger partial charge >= 0.3 is 0 Å². The van der Waals surface area contributed by atoms with Crippen molar-refractivity contribution in [3.05, 3.63) is 51.8 Å². The zero-order valence-corrected chi connectivity index (χ0v) is 12.4. The number of aryl methyl sites for hydroxylation is 3. The molecule has 0 bridgehead atoms. The molecule has 2 aromatic rings. The van der Waals surface area contributed by atoms with Crippen molar-refractivity contribution in [3.63, 3.8) is 0 Å². The van der Waals surface area contributed by atoms with E-state index in [1.165, 1.54) is 11.1 Å². The van der Waals surface area contributed by atoms with Crippen molar-refractivity contribution in [1.82, 2.24) is 9.78 Å². The Kier molecular flexibility index (Phi) is 3.76. The van der Waals surface area contributed by atoms with E-state index in [4.69, 9.17) is 0 Å². The number of aliphatic hydroxyl groups excluding tert-OH is 1. The van der Waals surface area contributed by atoms with Crippen molar-refractivity contribution in [2.75, 3.05) is 0 Å². The Morgan fingerprint density at radius 1 is 1.21 bits per heavy atom. The zero-order valence-electron chi connectivity index (χ0n) is 12.4. The van der Waals surface area contributed by atoms with Gasteiger partial charge in [-0.2, -0.15) is 5.10 Å². The standard InChI is InChI=1S/C16H22N2O/c1-10-7-6-8-14(11(10)2)16(19)9-15-12(3)17-18(5)13(15)4/h6-8,16,19H,9H2,1-5H3. The van der Waals surface area contributed by atoms with Crippen LogP contribution in [0.15, 0.2) is 18.2 Å². The molecule has 1 heterocycles. The SMILES string of the molecule is Cc1cccc(C(O)Cc2c(C)nn(C)c2C)c1C. The molecule has 0 aliphatic heterocycles. The predicted octanol–water partition coefficient (Wildman–Crippen LogP) is 2.93. The number of aliphatic hydroxyl groups is 1. The molecule has 0 amide bonds. The molecular formula is C16H22N2O. The summed E-state index contributed by atoms with van der Waals surface area (Å²) in [5.41, 5.74) is 6.69. The third kappa shape index (κ3) is 2.56. The van der Waals surface area contributed by atoms with Crippen LogP contribution in [-0.4, -0.2) is 14.9 Å². The number of nitrogens with zero attached hydrogens (tertiary/aromatic N) is 2. The third-order valence-electron chi connectivity index (χ3n) is 4.06. The molecule has 0 spiro atoms. The van der Waals surface area contributed by atoms with Crippen LogP contribution in [0.2, 0.25) is 0 Å². The van der Waals surface area contributed by atoms with Crippen LogP contribution in [0, 0.1) is 27.7 Å². The first-order chi connectivity index (χ1) is 8.91. The second kappa shape index (κ2) is 5.17. The highest BCUT2D eigenvalue weighted by Gasteiger charge is 2.17. The molecule has 19 heavy (non-hydrogen) atoms. The van der Waals surface area contributed by atoms with E-state index in [-0.39, 0.29) is 0 Å². The molecule has 0 aliphatic rings. The molecular weight excluding hydrogens is 236 g/mol. The Balaban J connectivity index is 2.31. The molecule has 1 aromatic heterocycles. The number of hydrogen-bond acceptors (Lipinski definition) is 2. The average Bonchev–Trinajstić information content (AvgIpc) is 2.59. The van der Waals surface area contributed by atoms with E-state index >= 15 is 0 Å². The van der Waals surface area contributed by atoms with E-state index in [9.17, 15) is 5.11 Å². The quantitative estimate of drug-likeness (QED) is 0.919. The second-order valence-electron chi connectivity index (χ2n) is 5.28. The topological polar surface area (TPSA) is 38.1 Å². The van der Waals surface area contributed by atoms with Gasteiger partial charge in [0.1, 0.15) is 0 Å². The number of hydrogen-bond donors (Lipinski definition) is 1. The maximum atomic E-state index is 10.5. The van der Waals surface area contributed by atoms with E-state index in [2.05, 4.69) is 25.0 Å². The molecule has 1 aromatic carbocycles. The van der Waals surface area contributed by atoms with E-state index in [1.807, 2.05) is 37.7 Å². The maximum absolute atomic E-state index is 10.5. The molecule has 1 atom stereocenters. The van der Waals surface area contributed by atoms with Gasteiger partial charge in [0.15, 0.2) is 0 Å². The second-order valence-corrected chi connectivity index (χ2v) is 5.28. The summed E-state index contributed by atoms with van der Waals surface area (Å²) >= 11 is 0. The van der Waals surface area contributed by atoms with Gasteiger partial charge in [0, 0.05) is 19.2 Å². The predicted molar refractivity (Wildman–Crippen MR) is 77.3 cm³/mol. The minimum absolute atomic E-state index is 0.471. The van der Waals surface area contributed by atoms with Gasteiger partial charge in [0.25, 0.3) is 0 Å². The summed E-state index contributed by atoms with van der Waals surface area (Å²) in [7, 11) is 1.94. The lowest BCUT2D eigenvalue weighted by molar-refractivity contribution is 0.177. The third-order valence-corrected chi connectivity index (χ3v) is 4.06. The molecule has 0 radical (unpaired) electrons. The van der Waals surface area contributed by atoms with Crippen LogP contribution in [-0.2, 0) is 13.5 Å². The summed E-state index contributed by atoms with van der Waals surface area (Å²) in [6.07, 6.45) is 0.150. The van der Waals surface area contributed by atoms with Gasteiger partial charge in [-0.3, -0.25) is 4.68 Å². The van der Waals surface area contributed by atoms with Crippen molar-refractivity contribution in [2.45, 2.75) is 40.2 Å². The molecule has 0 saturated carbocycles. The number of rotatable bonds is 3. The van der Waals surface area contributed by atoms with Gasteiger partial charge in [0.05, 0.1) is 11.8 Å². The Bertz CT molecular complexity index is 599. The Hall–Kier alpha value is -1.61. The Morgan fingerprint density at radius 2 is 1.89 bits per heavy atom. The number of aromatic nitrogens is 2. The van der Waals surface area contributed by atoms with Crippen LogP contribution in [0.5, 0.6) is 0 Å². The van der Waals surface area contributed by atoms with Crippen LogP contribution in [0.4, 0.5) is 0 Å². The molecule has 3 nitrogen and oxygen atoms in total. The first-order valence-corrected chi connectivity index (χ1v) is 6.65. The van der Waals surface area contributed by atoms with E-state index < -0.39 is 6.10 Å². The highest BCUT2D eigenvalue weighted by Crippen LogP contribution is 2.25. The molecule has 3 heteroatoms. The summed E-state index contributed by atoms with van der Waals surface area (Å²) < 4.78 is 1.88. The molecule has 0 saturated heterocycles. The average molecular weight is 258 g/mol. The summed E-state index contributed by atoms with van der Waals surface area (Å²) in [6.45, 7) is 8.19. The molecule has 2 rings (SSSR count). The lowest BCUT2D eigenvalue weighted by atomic mass is 9.94. The fourth-order valence-electron chi connectivity index (χ4n) is 2.55. The van der Waals surface area contributed by atoms with Crippen LogP contribution >= 0.6 is 0 Å². The van der Waals surface area contributed by atoms with E-state index in [0.717, 1.165) is 22.5 Å². The molecule has 102 valence electrons. The zero-order chi connectivity index (χ0) is 14.2. The highest BCUT2D eigenvalue weighted by molar-refractivity contribution is 5.36. The lowest BCUT2D eigenvalue weighted by Crippen LogP contribution is -2.06. The monoisotopic (exact) mass is 258 g/mol. The number of benzene rings is 1. The van der Waals surface area contributed by atoms with Crippen molar-refractivity contribution < 1.29 is 5.11 Å². The van der Waals surface area contributed by atoms with Crippen molar-refractivity contribution >= 4 is 0 Å². The van der Waals surface area contributed by atoms with Crippen molar-refractivity contribution in [3.8, 4) is 0 Å². The lowest BCUT2D eigenvalue weighted by Gasteiger charge is -2.15. The van der Waals surface area contributed by atoms with Gasteiger partial charge in [-0.15, -0.1) is 0 Å². The highest BCUT2D eigenvalue weighted by atomic mass is 16.3. The first kappa shape index (κ1) is 13.8. The van der Waals surface area contributed by atoms with Gasteiger partial charge in [0.2, 0.25) is 0 Å². The molecule has 0 fully saturated rings. The van der Waals surface area contributed by atoms with Gasteiger partial charge in [-0.05, 0) is 49.9 Å². The smallest absolute Gasteiger partial charge is 0.0834 e. The van der Waals surface area contributed by atoms with E-state index in [1.54, 1.807) is 0 Å². The van der Waals surface area contributed by atoms with Gasteiger partial charge < -0.3 is 5.11 Å². The minimum atomic E-state index is -0.471. The summed E-state index contributed by atoms with van der Waals surface area (Å²) in [6, 6.07) is 6.09. The van der Waals surface area contributed by atoms with Crippen LogP contribution < -0.4 is 0 Å². The van der Waals surface area contributed by atoms with Crippen LogP contribution in [0.1, 0.15) is 39.7 Å². The fourth-order valence-corrected chi connectivity index (χ4v) is 2.55. The summed E-state index contributed by atoms with van der Waals surface area (Å²) in [5.74, 6) is 0. The fraction of sp³-hybridized carbons (Fsp3) is 0.438. The Morgan fingerprint density at radius 3 is 2.47 bits per heavy atom. The largest absolute Gasteiger partial charge is 0.388 e. The molecule has 1 N–H and O–H groups in total. The van der Waals surface area contributed by atoms with Crippen LogP contribution in [0.25, 0.3) is 0 Å². The normalized spacial score (nSPS) is 12.7. The van der Waals surface area contributed by atoms with Gasteiger partial charge in [-0.25, -0.2) is 0 Å². The van der Waals surface area contributed by atoms with Gasteiger partial charge in [-0.1, -0.05) is 18.2 Å². The minimum Gasteiger partial charge on any atom is -0.388 e. The maximum Gasteiger partial charge on any atom is 0.0834 e. The van der Waals surface area contributed by atoms with Crippen LogP contribution in [0.3, 0.4) is 0 Å². The molecule has 0 aliphatic carbocycles. The first-order valence-electron chi connectivity index (χ1n) is 6.65. The Labute approximate surface area is 114 Å². The van der Waals surface area contributed by atoms with E-state index in [0.29, 0.717) is 6.42 Å². The molecule has 1 unspecified atom stereocenters. The summed E-state index contributed by atoms with van der Waals surface area (Å²) in [5, 5.41) is 14.9. The van der Waals surface area contributed by atoms with Crippen molar-refractivity contribution in [1.29, 1.82) is 0 Å². The van der Waals surface area contributed by atoms with Crippen molar-refractivity contribution in [2.24, 2.45) is 7.05 Å². The summed E-state index contributed by atoms with van der Waals surface area (Å²) in [4.78, 5) is 0.